The van der Waals surface area contributed by atoms with Crippen molar-refractivity contribution in [3.05, 3.63) is 22.4 Å². The minimum Gasteiger partial charge on any atom is -0.349 e. The summed E-state index contributed by atoms with van der Waals surface area (Å²) >= 11 is 1.69. The Labute approximate surface area is 100 Å². The van der Waals surface area contributed by atoms with Gasteiger partial charge in [-0.2, -0.15) is 0 Å². The number of amides is 1. The topological polar surface area (TPSA) is 41.1 Å². The molecule has 1 aromatic heterocycles. The van der Waals surface area contributed by atoms with Crippen molar-refractivity contribution in [3.63, 3.8) is 0 Å². The Balaban J connectivity index is 1.86. The molecule has 88 valence electrons. The van der Waals surface area contributed by atoms with Crippen LogP contribution in [0.25, 0.3) is 0 Å². The fourth-order valence-corrected chi connectivity index (χ4v) is 2.57. The molecule has 16 heavy (non-hydrogen) atoms. The maximum atomic E-state index is 11.9. The number of carbonyl (C=O) groups excluding carboxylic acids is 1. The van der Waals surface area contributed by atoms with Crippen LogP contribution in [-0.2, 0) is 4.79 Å². The highest BCUT2D eigenvalue weighted by Crippen LogP contribution is 2.21. The third kappa shape index (κ3) is 2.44. The zero-order chi connectivity index (χ0) is 11.5. The molecule has 0 saturated carbocycles. The zero-order valence-electron chi connectivity index (χ0n) is 9.69. The molecular formula is C12H18N2OS. The predicted molar refractivity (Wildman–Crippen MR) is 66.4 cm³/mol. The van der Waals surface area contributed by atoms with Gasteiger partial charge in [-0.05, 0) is 37.4 Å². The van der Waals surface area contributed by atoms with Crippen LogP contribution >= 0.6 is 11.3 Å². The second-order valence-corrected chi connectivity index (χ2v) is 5.43. The third-order valence-electron chi connectivity index (χ3n) is 3.26. The number of nitrogens with one attached hydrogen (secondary N) is 2. The van der Waals surface area contributed by atoms with Gasteiger partial charge in [-0.3, -0.25) is 4.79 Å². The summed E-state index contributed by atoms with van der Waals surface area (Å²) in [5, 5.41) is 8.31. The average molecular weight is 238 g/mol. The van der Waals surface area contributed by atoms with Gasteiger partial charge in [-0.1, -0.05) is 13.0 Å². The minimum atomic E-state index is 0.115. The van der Waals surface area contributed by atoms with Crippen molar-refractivity contribution in [3.8, 4) is 0 Å². The van der Waals surface area contributed by atoms with Crippen LogP contribution in [0.15, 0.2) is 17.5 Å². The number of hydrogen-bond acceptors (Lipinski definition) is 3. The molecule has 0 radical (unpaired) electrons. The lowest BCUT2D eigenvalue weighted by Gasteiger charge is -2.32. The van der Waals surface area contributed by atoms with Crippen LogP contribution in [0.1, 0.15) is 24.8 Å². The molecule has 0 aliphatic carbocycles. The number of rotatable bonds is 4. The molecule has 0 aromatic carbocycles. The fourth-order valence-electron chi connectivity index (χ4n) is 1.83. The summed E-state index contributed by atoms with van der Waals surface area (Å²) in [5.41, 5.74) is 0. The molecule has 1 fully saturated rings. The third-order valence-corrected chi connectivity index (χ3v) is 4.32. The van der Waals surface area contributed by atoms with Gasteiger partial charge in [0.05, 0.1) is 6.04 Å². The molecule has 2 heterocycles. The quantitative estimate of drug-likeness (QED) is 0.839. The van der Waals surface area contributed by atoms with Crippen molar-refractivity contribution in [2.45, 2.75) is 19.9 Å². The Kier molecular flexibility index (Phi) is 3.61. The molecule has 2 atom stereocenters. The Morgan fingerprint density at radius 3 is 2.81 bits per heavy atom. The lowest BCUT2D eigenvalue weighted by atomic mass is 9.88. The highest BCUT2D eigenvalue weighted by Gasteiger charge is 2.29. The van der Waals surface area contributed by atoms with Gasteiger partial charge >= 0.3 is 0 Å². The average Bonchev–Trinajstić information content (AvgIpc) is 2.67. The van der Waals surface area contributed by atoms with Crippen LogP contribution in [0.4, 0.5) is 0 Å². The first kappa shape index (κ1) is 11.6. The van der Waals surface area contributed by atoms with E-state index in [2.05, 4.69) is 16.7 Å². The highest BCUT2D eigenvalue weighted by molar-refractivity contribution is 7.10. The molecule has 3 nitrogen and oxygen atoms in total. The first-order chi connectivity index (χ1) is 7.68. The van der Waals surface area contributed by atoms with Crippen LogP contribution in [0, 0.1) is 11.8 Å². The van der Waals surface area contributed by atoms with E-state index >= 15 is 0 Å². The first-order valence-corrected chi connectivity index (χ1v) is 6.61. The van der Waals surface area contributed by atoms with E-state index in [9.17, 15) is 4.79 Å². The van der Waals surface area contributed by atoms with E-state index in [1.807, 2.05) is 25.3 Å². The van der Waals surface area contributed by atoms with Crippen LogP contribution in [0.2, 0.25) is 0 Å². The van der Waals surface area contributed by atoms with Gasteiger partial charge in [0.2, 0.25) is 5.91 Å². The molecule has 2 rings (SSSR count). The van der Waals surface area contributed by atoms with E-state index in [4.69, 9.17) is 0 Å². The Morgan fingerprint density at radius 2 is 2.31 bits per heavy atom. The van der Waals surface area contributed by atoms with Gasteiger partial charge in [0.1, 0.15) is 0 Å². The molecule has 2 N–H and O–H groups in total. The number of hydrogen-bond donors (Lipinski definition) is 2. The maximum Gasteiger partial charge on any atom is 0.223 e. The van der Waals surface area contributed by atoms with Crippen molar-refractivity contribution < 1.29 is 4.79 Å². The minimum absolute atomic E-state index is 0.115. The second-order valence-electron chi connectivity index (χ2n) is 4.45. The number of carbonyl (C=O) groups is 1. The van der Waals surface area contributed by atoms with E-state index in [0.29, 0.717) is 5.92 Å². The second kappa shape index (κ2) is 4.97. The Hall–Kier alpha value is -0.870. The van der Waals surface area contributed by atoms with E-state index in [0.717, 1.165) is 13.1 Å². The van der Waals surface area contributed by atoms with Crippen molar-refractivity contribution >= 4 is 17.2 Å². The van der Waals surface area contributed by atoms with Crippen molar-refractivity contribution in [2.24, 2.45) is 11.8 Å². The zero-order valence-corrected chi connectivity index (χ0v) is 10.5. The van der Waals surface area contributed by atoms with Crippen LogP contribution in [-0.4, -0.2) is 19.0 Å². The molecule has 1 aromatic rings. The van der Waals surface area contributed by atoms with Crippen LogP contribution in [0.5, 0.6) is 0 Å². The SMILES string of the molecule is CC(NC(=O)C(C)C1CNC1)c1cccs1. The summed E-state index contributed by atoms with van der Waals surface area (Å²) in [7, 11) is 0. The van der Waals surface area contributed by atoms with E-state index in [-0.39, 0.29) is 17.9 Å². The molecule has 1 amide bonds. The summed E-state index contributed by atoms with van der Waals surface area (Å²) in [4.78, 5) is 13.2. The van der Waals surface area contributed by atoms with Crippen molar-refractivity contribution in [1.29, 1.82) is 0 Å². The molecule has 0 spiro atoms. The van der Waals surface area contributed by atoms with Crippen LogP contribution in [0.3, 0.4) is 0 Å². The van der Waals surface area contributed by atoms with E-state index in [1.54, 1.807) is 11.3 Å². The lowest BCUT2D eigenvalue weighted by molar-refractivity contribution is -0.127. The molecule has 1 saturated heterocycles. The molecule has 1 aliphatic heterocycles. The van der Waals surface area contributed by atoms with Gasteiger partial charge in [0, 0.05) is 10.8 Å². The van der Waals surface area contributed by atoms with Gasteiger partial charge in [-0.15, -0.1) is 11.3 Å². The van der Waals surface area contributed by atoms with Gasteiger partial charge < -0.3 is 10.6 Å². The smallest absolute Gasteiger partial charge is 0.223 e. The van der Waals surface area contributed by atoms with Crippen molar-refractivity contribution in [1.82, 2.24) is 10.6 Å². The summed E-state index contributed by atoms with van der Waals surface area (Å²) in [6, 6.07) is 4.20. The molecule has 2 unspecified atom stereocenters. The number of thiophene rings is 1. The standard InChI is InChI=1S/C12H18N2OS/c1-8(10-6-13-7-10)12(15)14-9(2)11-4-3-5-16-11/h3-5,8-10,13H,6-7H2,1-2H3,(H,14,15). The largest absolute Gasteiger partial charge is 0.349 e. The normalized spacial score (nSPS) is 19.9. The van der Waals surface area contributed by atoms with Crippen LogP contribution < -0.4 is 10.6 Å². The van der Waals surface area contributed by atoms with Gasteiger partial charge in [0.25, 0.3) is 0 Å². The monoisotopic (exact) mass is 238 g/mol. The lowest BCUT2D eigenvalue weighted by Crippen LogP contribution is -2.49. The van der Waals surface area contributed by atoms with Crippen molar-refractivity contribution in [2.75, 3.05) is 13.1 Å². The first-order valence-electron chi connectivity index (χ1n) is 5.73. The molecule has 1 aliphatic rings. The van der Waals surface area contributed by atoms with Gasteiger partial charge in [0.15, 0.2) is 0 Å². The van der Waals surface area contributed by atoms with E-state index < -0.39 is 0 Å². The summed E-state index contributed by atoms with van der Waals surface area (Å²) in [6.45, 7) is 6.00. The molecular weight excluding hydrogens is 220 g/mol. The summed E-state index contributed by atoms with van der Waals surface area (Å²) in [6.07, 6.45) is 0. The highest BCUT2D eigenvalue weighted by atomic mass is 32.1. The molecule has 4 heteroatoms. The Bertz CT molecular complexity index is 346. The molecule has 0 bridgehead atoms. The fraction of sp³-hybridized carbons (Fsp3) is 0.583. The van der Waals surface area contributed by atoms with E-state index in [1.165, 1.54) is 4.88 Å². The van der Waals surface area contributed by atoms with Gasteiger partial charge in [-0.25, -0.2) is 0 Å². The Morgan fingerprint density at radius 1 is 1.56 bits per heavy atom. The maximum absolute atomic E-state index is 11.9. The predicted octanol–water partition coefficient (Wildman–Crippen LogP) is 1.78. The summed E-state index contributed by atoms with van der Waals surface area (Å²) < 4.78 is 0. The summed E-state index contributed by atoms with van der Waals surface area (Å²) in [5.74, 6) is 0.798.